The molecule has 0 spiro atoms. The van der Waals surface area contributed by atoms with Crippen LogP contribution < -0.4 is 4.74 Å². The first-order chi connectivity index (χ1) is 7.79. The molecule has 2 aromatic carbocycles. The van der Waals surface area contributed by atoms with E-state index in [1.807, 2.05) is 25.1 Å². The largest absolute Gasteiger partial charge is 0.457 e. The fourth-order valence-corrected chi connectivity index (χ4v) is 1.37. The van der Waals surface area contributed by atoms with Gasteiger partial charge in [-0.15, -0.1) is 0 Å². The molecule has 0 aliphatic carbocycles. The molecule has 2 rings (SSSR count). The van der Waals surface area contributed by atoms with Crippen molar-refractivity contribution in [1.82, 2.24) is 0 Å². The van der Waals surface area contributed by atoms with Crippen LogP contribution in [-0.4, -0.2) is 0 Å². The molecule has 2 nitrogen and oxygen atoms in total. The van der Waals surface area contributed by atoms with Crippen LogP contribution in [0.15, 0.2) is 42.5 Å². The number of nitrogens with zero attached hydrogens (tertiary/aromatic N) is 1. The number of ether oxygens (including phenoxy) is 1. The Balaban J connectivity index is 2.28. The highest BCUT2D eigenvalue weighted by Crippen LogP contribution is 2.24. The van der Waals surface area contributed by atoms with Crippen molar-refractivity contribution >= 4 is 0 Å². The fraction of sp³-hybridized carbons (Fsp3) is 0.0714. The van der Waals surface area contributed by atoms with E-state index in [1.54, 1.807) is 24.3 Å². The van der Waals surface area contributed by atoms with Gasteiger partial charge in [-0.2, -0.15) is 5.26 Å². The van der Waals surface area contributed by atoms with E-state index in [2.05, 4.69) is 12.1 Å². The Morgan fingerprint density at radius 3 is 2.94 bits per heavy atom. The van der Waals surface area contributed by atoms with Crippen LogP contribution >= 0.6 is 0 Å². The molecule has 2 aromatic rings. The maximum absolute atomic E-state index is 8.77. The highest BCUT2D eigenvalue weighted by molar-refractivity contribution is 5.40. The van der Waals surface area contributed by atoms with Crippen molar-refractivity contribution in [1.29, 1.82) is 5.26 Å². The highest BCUT2D eigenvalue weighted by atomic mass is 16.5. The SMILES string of the molecule is Cc1c[c]ccc1Oc1cccc(C#N)c1. The average Bonchev–Trinajstić information content (AvgIpc) is 2.32. The van der Waals surface area contributed by atoms with E-state index in [-0.39, 0.29) is 0 Å². The molecule has 16 heavy (non-hydrogen) atoms. The molecule has 0 bridgehead atoms. The summed E-state index contributed by atoms with van der Waals surface area (Å²) < 4.78 is 5.68. The summed E-state index contributed by atoms with van der Waals surface area (Å²) in [7, 11) is 0. The summed E-state index contributed by atoms with van der Waals surface area (Å²) in [5.41, 5.74) is 1.61. The lowest BCUT2D eigenvalue weighted by atomic mass is 10.2. The van der Waals surface area contributed by atoms with Gasteiger partial charge >= 0.3 is 0 Å². The summed E-state index contributed by atoms with van der Waals surface area (Å²) >= 11 is 0. The fourth-order valence-electron chi connectivity index (χ4n) is 1.37. The van der Waals surface area contributed by atoms with Crippen LogP contribution in [0.4, 0.5) is 0 Å². The van der Waals surface area contributed by atoms with E-state index in [1.165, 1.54) is 0 Å². The Hall–Kier alpha value is -2.27. The number of benzene rings is 2. The quantitative estimate of drug-likeness (QED) is 0.757. The lowest BCUT2D eigenvalue weighted by molar-refractivity contribution is 0.479. The van der Waals surface area contributed by atoms with Gasteiger partial charge in [-0.1, -0.05) is 12.1 Å². The Labute approximate surface area is 94.7 Å². The third-order valence-electron chi connectivity index (χ3n) is 2.21. The van der Waals surface area contributed by atoms with Crippen LogP contribution in [0.3, 0.4) is 0 Å². The second kappa shape index (κ2) is 4.50. The molecule has 0 fully saturated rings. The number of rotatable bonds is 2. The molecule has 0 aliphatic rings. The second-order valence-electron chi connectivity index (χ2n) is 3.43. The van der Waals surface area contributed by atoms with E-state index in [0.29, 0.717) is 11.3 Å². The molecule has 0 N–H and O–H groups in total. The Morgan fingerprint density at radius 2 is 2.19 bits per heavy atom. The number of hydrogen-bond donors (Lipinski definition) is 0. The zero-order valence-electron chi connectivity index (χ0n) is 8.90. The Morgan fingerprint density at radius 1 is 1.31 bits per heavy atom. The number of aryl methyl sites for hydroxylation is 1. The first-order valence-corrected chi connectivity index (χ1v) is 4.94. The van der Waals surface area contributed by atoms with E-state index >= 15 is 0 Å². The molecule has 0 amide bonds. The van der Waals surface area contributed by atoms with Gasteiger partial charge in [0.05, 0.1) is 11.6 Å². The van der Waals surface area contributed by atoms with Crippen molar-refractivity contribution in [2.24, 2.45) is 0 Å². The molecule has 1 radical (unpaired) electrons. The van der Waals surface area contributed by atoms with Gasteiger partial charge in [-0.3, -0.25) is 0 Å². The Kier molecular flexibility index (Phi) is 2.88. The van der Waals surface area contributed by atoms with Crippen LogP contribution in [-0.2, 0) is 0 Å². The first kappa shape index (κ1) is 10.3. The Bertz CT molecular complexity index is 540. The molecule has 0 aliphatic heterocycles. The smallest absolute Gasteiger partial charge is 0.130 e. The molecule has 0 aromatic heterocycles. The summed E-state index contributed by atoms with van der Waals surface area (Å²) in [6.45, 7) is 1.96. The molecular formula is C14H10NO. The summed E-state index contributed by atoms with van der Waals surface area (Å²) in [5, 5.41) is 8.77. The molecule has 0 heterocycles. The van der Waals surface area contributed by atoms with E-state index in [9.17, 15) is 0 Å². The van der Waals surface area contributed by atoms with Gasteiger partial charge in [-0.05, 0) is 48.9 Å². The summed E-state index contributed by atoms with van der Waals surface area (Å²) in [5.74, 6) is 1.46. The van der Waals surface area contributed by atoms with E-state index in [0.717, 1.165) is 11.3 Å². The summed E-state index contributed by atoms with van der Waals surface area (Å²) in [4.78, 5) is 0. The van der Waals surface area contributed by atoms with Gasteiger partial charge in [0.1, 0.15) is 11.5 Å². The number of hydrogen-bond acceptors (Lipinski definition) is 2. The van der Waals surface area contributed by atoms with Gasteiger partial charge in [-0.25, -0.2) is 0 Å². The second-order valence-corrected chi connectivity index (χ2v) is 3.43. The van der Waals surface area contributed by atoms with E-state index < -0.39 is 0 Å². The minimum Gasteiger partial charge on any atom is -0.457 e. The van der Waals surface area contributed by atoms with Gasteiger partial charge in [0.2, 0.25) is 0 Å². The van der Waals surface area contributed by atoms with E-state index in [4.69, 9.17) is 10.00 Å². The molecule has 0 unspecified atom stereocenters. The topological polar surface area (TPSA) is 33.0 Å². The van der Waals surface area contributed by atoms with Crippen LogP contribution in [0.25, 0.3) is 0 Å². The van der Waals surface area contributed by atoms with Crippen molar-refractivity contribution < 1.29 is 4.74 Å². The van der Waals surface area contributed by atoms with Crippen LogP contribution in [0.2, 0.25) is 0 Å². The van der Waals surface area contributed by atoms with Crippen LogP contribution in [0.1, 0.15) is 11.1 Å². The van der Waals surface area contributed by atoms with Crippen LogP contribution in [0.5, 0.6) is 11.5 Å². The molecular weight excluding hydrogens is 198 g/mol. The van der Waals surface area contributed by atoms with Crippen molar-refractivity contribution in [2.75, 3.05) is 0 Å². The average molecular weight is 208 g/mol. The first-order valence-electron chi connectivity index (χ1n) is 4.94. The minimum atomic E-state index is 0.595. The molecule has 2 heteroatoms. The maximum atomic E-state index is 8.77. The van der Waals surface area contributed by atoms with Gasteiger partial charge < -0.3 is 4.74 Å². The normalized spacial score (nSPS) is 9.50. The zero-order chi connectivity index (χ0) is 11.4. The monoisotopic (exact) mass is 208 g/mol. The standard InChI is InChI=1S/C14H10NO/c1-11-5-2-3-8-14(11)16-13-7-4-6-12(9-13)10-15/h3-9H,1H3. The molecule has 77 valence electrons. The van der Waals surface area contributed by atoms with Crippen LogP contribution in [0, 0.1) is 24.3 Å². The molecule has 0 saturated heterocycles. The predicted molar refractivity (Wildman–Crippen MR) is 61.2 cm³/mol. The van der Waals surface area contributed by atoms with Gasteiger partial charge in [0.15, 0.2) is 0 Å². The zero-order valence-corrected chi connectivity index (χ0v) is 8.90. The number of nitriles is 1. The highest BCUT2D eigenvalue weighted by Gasteiger charge is 2.00. The van der Waals surface area contributed by atoms with Crippen molar-refractivity contribution in [3.63, 3.8) is 0 Å². The third kappa shape index (κ3) is 2.21. The molecule has 0 saturated carbocycles. The van der Waals surface area contributed by atoms with Crippen molar-refractivity contribution in [2.45, 2.75) is 6.92 Å². The summed E-state index contributed by atoms with van der Waals surface area (Å²) in [6.07, 6.45) is 0. The third-order valence-corrected chi connectivity index (χ3v) is 2.21. The molecule has 0 atom stereocenters. The maximum Gasteiger partial charge on any atom is 0.130 e. The van der Waals surface area contributed by atoms with Gasteiger partial charge in [0, 0.05) is 0 Å². The summed E-state index contributed by atoms with van der Waals surface area (Å²) in [6, 6.07) is 17.7. The lowest BCUT2D eigenvalue weighted by Gasteiger charge is -2.07. The minimum absolute atomic E-state index is 0.595. The lowest BCUT2D eigenvalue weighted by Crippen LogP contribution is -1.87. The predicted octanol–water partition coefficient (Wildman–Crippen LogP) is 3.46. The van der Waals surface area contributed by atoms with Crippen molar-refractivity contribution in [3.8, 4) is 17.6 Å². The van der Waals surface area contributed by atoms with Crippen molar-refractivity contribution in [3.05, 3.63) is 59.7 Å². The van der Waals surface area contributed by atoms with Gasteiger partial charge in [0.25, 0.3) is 0 Å².